The molecule has 0 spiro atoms. The number of para-hydroxylation sites is 1. The van der Waals surface area contributed by atoms with E-state index >= 15 is 0 Å². The van der Waals surface area contributed by atoms with E-state index in [1.54, 1.807) is 6.92 Å². The topological polar surface area (TPSA) is 86.0 Å². The molecule has 0 fully saturated rings. The fraction of sp³-hybridized carbons (Fsp3) is 0.238. The number of rotatable bonds is 6. The molecule has 0 radical (unpaired) electrons. The molecule has 2 aromatic carbocycles. The lowest BCUT2D eigenvalue weighted by molar-refractivity contribution is 0.0929. The monoisotopic (exact) mass is 414 g/mol. The second-order valence-electron chi connectivity index (χ2n) is 6.79. The van der Waals surface area contributed by atoms with Gasteiger partial charge in [-0.1, -0.05) is 31.2 Å². The Morgan fingerprint density at radius 2 is 1.77 bits per heavy atom. The van der Waals surface area contributed by atoms with Crippen LogP contribution < -0.4 is 16.6 Å². The fourth-order valence-corrected chi connectivity index (χ4v) is 2.74. The molecule has 1 N–H and O–H groups in total. The number of nitrogens with one attached hydrogen (secondary N) is 1. The Labute approximate surface area is 170 Å². The number of nitrogens with zero attached hydrogens (tertiary/aromatic N) is 3. The molecule has 1 aromatic heterocycles. The molecule has 0 bridgehead atoms. The van der Waals surface area contributed by atoms with Crippen LogP contribution in [0, 0.1) is 11.6 Å². The lowest BCUT2D eigenvalue weighted by Crippen LogP contribution is -2.47. The molecule has 1 atom stereocenters. The van der Waals surface area contributed by atoms with Gasteiger partial charge in [0.1, 0.15) is 17.3 Å². The van der Waals surface area contributed by atoms with Crippen molar-refractivity contribution in [1.29, 1.82) is 0 Å². The van der Waals surface area contributed by atoms with Crippen molar-refractivity contribution in [3.05, 3.63) is 92.3 Å². The van der Waals surface area contributed by atoms with Crippen LogP contribution in [0.4, 0.5) is 8.78 Å². The molecule has 9 heteroatoms. The van der Waals surface area contributed by atoms with Gasteiger partial charge in [0.25, 0.3) is 11.5 Å². The maximum atomic E-state index is 14.3. The summed E-state index contributed by atoms with van der Waals surface area (Å²) >= 11 is 0. The third-order valence-electron chi connectivity index (χ3n) is 4.60. The minimum absolute atomic E-state index is 0.201. The number of benzene rings is 2. The SMILES string of the molecule is CC[C@@H](C)NC(=O)c1nn(-c2ccccc2F)c(=O)n(Cc2ccc(F)cc2)c1=O. The third kappa shape index (κ3) is 4.35. The Bertz CT molecular complexity index is 1190. The molecule has 1 amide bonds. The predicted molar refractivity (Wildman–Crippen MR) is 107 cm³/mol. The van der Waals surface area contributed by atoms with Crippen molar-refractivity contribution in [2.45, 2.75) is 32.9 Å². The second-order valence-corrected chi connectivity index (χ2v) is 6.79. The van der Waals surface area contributed by atoms with Crippen molar-refractivity contribution in [3.63, 3.8) is 0 Å². The van der Waals surface area contributed by atoms with E-state index in [4.69, 9.17) is 0 Å². The van der Waals surface area contributed by atoms with E-state index < -0.39 is 34.5 Å². The molecule has 3 aromatic rings. The van der Waals surface area contributed by atoms with Crippen molar-refractivity contribution >= 4 is 5.91 Å². The van der Waals surface area contributed by atoms with Crippen LogP contribution in [0.5, 0.6) is 0 Å². The summed E-state index contributed by atoms with van der Waals surface area (Å²) in [7, 11) is 0. The van der Waals surface area contributed by atoms with E-state index in [1.807, 2.05) is 6.92 Å². The highest BCUT2D eigenvalue weighted by Gasteiger charge is 2.22. The Morgan fingerprint density at radius 3 is 2.40 bits per heavy atom. The van der Waals surface area contributed by atoms with E-state index in [2.05, 4.69) is 10.4 Å². The standard InChI is InChI=1S/C21H20F2N4O3/c1-3-13(2)24-19(28)18-20(29)26(12-14-8-10-15(22)11-9-14)21(30)27(25-18)17-7-5-4-6-16(17)23/h4-11,13H,3,12H2,1-2H3,(H,24,28)/t13-/m1/s1. The van der Waals surface area contributed by atoms with Crippen LogP contribution in [0.25, 0.3) is 5.69 Å². The van der Waals surface area contributed by atoms with Crippen LogP contribution >= 0.6 is 0 Å². The number of hydrogen-bond acceptors (Lipinski definition) is 4. The first-order valence-electron chi connectivity index (χ1n) is 9.36. The van der Waals surface area contributed by atoms with Crippen molar-refractivity contribution in [2.75, 3.05) is 0 Å². The first-order valence-corrected chi connectivity index (χ1v) is 9.36. The van der Waals surface area contributed by atoms with Gasteiger partial charge in [-0.15, -0.1) is 0 Å². The highest BCUT2D eigenvalue weighted by Crippen LogP contribution is 2.09. The zero-order valence-electron chi connectivity index (χ0n) is 16.4. The number of halogens is 2. The summed E-state index contributed by atoms with van der Waals surface area (Å²) in [4.78, 5) is 38.5. The number of carbonyl (C=O) groups excluding carboxylic acids is 1. The van der Waals surface area contributed by atoms with E-state index in [9.17, 15) is 23.2 Å². The molecule has 30 heavy (non-hydrogen) atoms. The van der Waals surface area contributed by atoms with Crippen molar-refractivity contribution < 1.29 is 13.6 Å². The van der Waals surface area contributed by atoms with Crippen molar-refractivity contribution in [1.82, 2.24) is 19.7 Å². The molecule has 1 heterocycles. The normalized spacial score (nSPS) is 11.9. The van der Waals surface area contributed by atoms with Crippen LogP contribution in [0.3, 0.4) is 0 Å². The van der Waals surface area contributed by atoms with Gasteiger partial charge in [-0.05, 0) is 43.2 Å². The number of carbonyl (C=O) groups is 1. The summed E-state index contributed by atoms with van der Waals surface area (Å²) in [5, 5.41) is 6.49. The van der Waals surface area contributed by atoms with Crippen LogP contribution in [0.1, 0.15) is 36.3 Å². The minimum atomic E-state index is -0.922. The Hall–Kier alpha value is -3.62. The van der Waals surface area contributed by atoms with Crippen LogP contribution in [0.2, 0.25) is 0 Å². The molecule has 0 saturated heterocycles. The molecule has 0 aliphatic carbocycles. The van der Waals surface area contributed by atoms with Gasteiger partial charge in [0, 0.05) is 6.04 Å². The third-order valence-corrected chi connectivity index (χ3v) is 4.60. The molecule has 0 aliphatic rings. The molecule has 156 valence electrons. The van der Waals surface area contributed by atoms with Gasteiger partial charge in [-0.25, -0.2) is 13.6 Å². The highest BCUT2D eigenvalue weighted by molar-refractivity contribution is 5.91. The van der Waals surface area contributed by atoms with Gasteiger partial charge in [0.15, 0.2) is 0 Å². The smallest absolute Gasteiger partial charge is 0.348 e. The predicted octanol–water partition coefficient (Wildman–Crippen LogP) is 2.25. The lowest BCUT2D eigenvalue weighted by Gasteiger charge is -2.14. The lowest BCUT2D eigenvalue weighted by atomic mass is 10.2. The summed E-state index contributed by atoms with van der Waals surface area (Å²) in [5.74, 6) is -1.99. The highest BCUT2D eigenvalue weighted by atomic mass is 19.1. The zero-order valence-corrected chi connectivity index (χ0v) is 16.4. The van der Waals surface area contributed by atoms with Gasteiger partial charge < -0.3 is 5.32 Å². The Balaban J connectivity index is 2.20. The number of amides is 1. The molecule has 3 rings (SSSR count). The molecule has 0 aliphatic heterocycles. The Morgan fingerprint density at radius 1 is 1.10 bits per heavy atom. The van der Waals surface area contributed by atoms with Gasteiger partial charge >= 0.3 is 5.69 Å². The maximum absolute atomic E-state index is 14.3. The first-order chi connectivity index (χ1) is 14.3. The van der Waals surface area contributed by atoms with Gasteiger partial charge in [0.05, 0.1) is 6.54 Å². The molecular formula is C21H20F2N4O3. The van der Waals surface area contributed by atoms with Crippen molar-refractivity contribution in [2.24, 2.45) is 0 Å². The van der Waals surface area contributed by atoms with E-state index in [0.29, 0.717) is 16.7 Å². The number of aromatic nitrogens is 3. The fourth-order valence-electron chi connectivity index (χ4n) is 2.74. The van der Waals surface area contributed by atoms with Crippen LogP contribution in [-0.4, -0.2) is 26.3 Å². The summed E-state index contributed by atoms with van der Waals surface area (Å²) in [6, 6.07) is 10.3. The van der Waals surface area contributed by atoms with E-state index in [1.165, 1.54) is 42.5 Å². The van der Waals surface area contributed by atoms with Crippen LogP contribution in [-0.2, 0) is 6.54 Å². The van der Waals surface area contributed by atoms with Gasteiger partial charge in [-0.2, -0.15) is 9.78 Å². The average molecular weight is 414 g/mol. The minimum Gasteiger partial charge on any atom is -0.348 e. The average Bonchev–Trinajstić information content (AvgIpc) is 2.73. The van der Waals surface area contributed by atoms with Gasteiger partial charge in [0.2, 0.25) is 5.69 Å². The van der Waals surface area contributed by atoms with Crippen LogP contribution in [0.15, 0.2) is 58.1 Å². The summed E-state index contributed by atoms with van der Waals surface area (Å²) in [6.07, 6.45) is 0.614. The zero-order chi connectivity index (χ0) is 21.8. The summed E-state index contributed by atoms with van der Waals surface area (Å²) < 4.78 is 29.0. The summed E-state index contributed by atoms with van der Waals surface area (Å²) in [6.45, 7) is 3.37. The molecule has 0 unspecified atom stereocenters. The molecule has 7 nitrogen and oxygen atoms in total. The molecule has 0 saturated carbocycles. The number of hydrogen-bond donors (Lipinski definition) is 1. The second kappa shape index (κ2) is 8.81. The van der Waals surface area contributed by atoms with E-state index in [0.717, 1.165) is 10.6 Å². The first kappa shape index (κ1) is 21.1. The molecular weight excluding hydrogens is 394 g/mol. The summed E-state index contributed by atoms with van der Waals surface area (Å²) in [5.41, 5.74) is -2.13. The largest absolute Gasteiger partial charge is 0.352 e. The quantitative estimate of drug-likeness (QED) is 0.670. The maximum Gasteiger partial charge on any atom is 0.352 e. The van der Waals surface area contributed by atoms with Crippen molar-refractivity contribution in [3.8, 4) is 5.69 Å². The van der Waals surface area contributed by atoms with E-state index in [-0.39, 0.29) is 18.3 Å². The van der Waals surface area contributed by atoms with Gasteiger partial charge in [-0.3, -0.25) is 14.2 Å². The Kier molecular flexibility index (Phi) is 6.20.